The molecule has 1 saturated heterocycles. The van der Waals surface area contributed by atoms with E-state index in [1.807, 2.05) is 78.9 Å². The van der Waals surface area contributed by atoms with Gasteiger partial charge in [0.15, 0.2) is 0 Å². The fraction of sp³-hybridized carbons (Fsp3) is 0.378. The molecule has 1 heterocycles. The second-order valence-corrected chi connectivity index (χ2v) is 11.2. The molecule has 1 aliphatic heterocycles. The highest BCUT2D eigenvalue weighted by molar-refractivity contribution is 5.78. The minimum Gasteiger partial charge on any atom is -0.497 e. The number of unbranched alkanes of at least 4 members (excludes halogenated alkanes) is 2. The summed E-state index contributed by atoms with van der Waals surface area (Å²) in [5, 5.41) is 8.98. The lowest BCUT2D eigenvalue weighted by molar-refractivity contribution is -0.152. The largest absolute Gasteiger partial charge is 0.497 e. The molecular weight excluding hydrogens is 586 g/mol. The Bertz CT molecular complexity index is 1430. The van der Waals surface area contributed by atoms with Gasteiger partial charge in [0.05, 0.1) is 46.3 Å². The Hall–Kier alpha value is -4.81. The third-order valence-electron chi connectivity index (χ3n) is 8.16. The van der Waals surface area contributed by atoms with Gasteiger partial charge >= 0.3 is 11.9 Å². The molecule has 1 fully saturated rings. The average Bonchev–Trinajstić information content (AvgIpc) is 3.49. The lowest BCUT2D eigenvalue weighted by Crippen LogP contribution is -2.42. The molecule has 0 spiro atoms. The van der Waals surface area contributed by atoms with Crippen molar-refractivity contribution < 1.29 is 38.4 Å². The Balaban J connectivity index is 1.69. The Morgan fingerprint density at radius 1 is 0.848 bits per heavy atom. The SMILES string of the molecule is C#CCCCCC(=O)N1C[C@H](OC(=O)CCC(=O)O)C[C@H]1COC(c1ccccc1)(c1ccc(OC)cc1)c1ccc(OC)cc1. The number of benzene rings is 3. The van der Waals surface area contributed by atoms with E-state index in [4.69, 9.17) is 30.5 Å². The summed E-state index contributed by atoms with van der Waals surface area (Å²) in [5.41, 5.74) is 1.50. The highest BCUT2D eigenvalue weighted by Crippen LogP contribution is 2.42. The number of carboxylic acid groups (broad SMARTS) is 1. The normalized spacial score (nSPS) is 16.0. The Morgan fingerprint density at radius 3 is 1.98 bits per heavy atom. The Kier molecular flexibility index (Phi) is 12.2. The van der Waals surface area contributed by atoms with Crippen molar-refractivity contribution in [1.29, 1.82) is 0 Å². The summed E-state index contributed by atoms with van der Waals surface area (Å²) in [6, 6.07) is 24.8. The summed E-state index contributed by atoms with van der Waals surface area (Å²) in [7, 11) is 3.23. The predicted octanol–water partition coefficient (Wildman–Crippen LogP) is 5.58. The molecule has 3 aromatic rings. The van der Waals surface area contributed by atoms with Crippen LogP contribution in [0.15, 0.2) is 78.9 Å². The Labute approximate surface area is 270 Å². The molecule has 1 amide bonds. The third-order valence-corrected chi connectivity index (χ3v) is 8.16. The molecule has 1 N–H and O–H groups in total. The summed E-state index contributed by atoms with van der Waals surface area (Å²) in [5.74, 6) is 2.25. The van der Waals surface area contributed by atoms with E-state index in [2.05, 4.69) is 5.92 Å². The van der Waals surface area contributed by atoms with Crippen molar-refractivity contribution in [3.8, 4) is 23.8 Å². The third kappa shape index (κ3) is 8.46. The molecule has 0 saturated carbocycles. The number of rotatable bonds is 16. The smallest absolute Gasteiger partial charge is 0.306 e. The maximum absolute atomic E-state index is 13.5. The van der Waals surface area contributed by atoms with Gasteiger partial charge in [0.1, 0.15) is 23.2 Å². The molecule has 9 heteroatoms. The number of carbonyl (C=O) groups is 3. The number of likely N-dealkylation sites (tertiary alicyclic amines) is 1. The van der Waals surface area contributed by atoms with E-state index in [1.165, 1.54) is 0 Å². The van der Waals surface area contributed by atoms with E-state index >= 15 is 0 Å². The number of ether oxygens (including phenoxy) is 4. The number of terminal acetylenes is 1. The van der Waals surface area contributed by atoms with Crippen LogP contribution in [0, 0.1) is 12.3 Å². The zero-order chi connectivity index (χ0) is 32.9. The summed E-state index contributed by atoms with van der Waals surface area (Å²) < 4.78 is 23.6. The van der Waals surface area contributed by atoms with Gasteiger partial charge in [-0.25, -0.2) is 0 Å². The van der Waals surface area contributed by atoms with Crippen LogP contribution in [0.25, 0.3) is 0 Å². The number of amides is 1. The van der Waals surface area contributed by atoms with Crippen LogP contribution in [0.1, 0.15) is 61.6 Å². The van der Waals surface area contributed by atoms with Gasteiger partial charge in [-0.05, 0) is 53.8 Å². The first-order chi connectivity index (χ1) is 22.3. The molecule has 0 radical (unpaired) electrons. The van der Waals surface area contributed by atoms with Crippen molar-refractivity contribution in [2.24, 2.45) is 0 Å². The van der Waals surface area contributed by atoms with Crippen LogP contribution in [-0.4, -0.2) is 67.4 Å². The van der Waals surface area contributed by atoms with E-state index in [0.29, 0.717) is 37.2 Å². The van der Waals surface area contributed by atoms with Crippen LogP contribution >= 0.6 is 0 Å². The van der Waals surface area contributed by atoms with Crippen LogP contribution in [0.2, 0.25) is 0 Å². The zero-order valence-corrected chi connectivity index (χ0v) is 26.4. The molecular formula is C37H41NO8. The number of nitrogens with zero attached hydrogens (tertiary/aromatic N) is 1. The maximum Gasteiger partial charge on any atom is 0.306 e. The van der Waals surface area contributed by atoms with Crippen molar-refractivity contribution in [3.63, 3.8) is 0 Å². The highest BCUT2D eigenvalue weighted by atomic mass is 16.5. The minimum atomic E-state index is -1.09. The monoisotopic (exact) mass is 627 g/mol. The lowest BCUT2D eigenvalue weighted by Gasteiger charge is -2.38. The van der Waals surface area contributed by atoms with Crippen molar-refractivity contribution in [3.05, 3.63) is 95.6 Å². The van der Waals surface area contributed by atoms with E-state index in [-0.39, 0.29) is 31.9 Å². The van der Waals surface area contributed by atoms with Crippen molar-refractivity contribution in [2.45, 2.75) is 62.7 Å². The van der Waals surface area contributed by atoms with E-state index in [0.717, 1.165) is 23.1 Å². The van der Waals surface area contributed by atoms with Gasteiger partial charge in [-0.15, -0.1) is 12.3 Å². The van der Waals surface area contributed by atoms with Gasteiger partial charge in [0.25, 0.3) is 0 Å². The predicted molar refractivity (Wildman–Crippen MR) is 172 cm³/mol. The first-order valence-corrected chi connectivity index (χ1v) is 15.4. The molecule has 242 valence electrons. The van der Waals surface area contributed by atoms with E-state index in [1.54, 1.807) is 19.1 Å². The van der Waals surface area contributed by atoms with Crippen LogP contribution < -0.4 is 9.47 Å². The van der Waals surface area contributed by atoms with Crippen LogP contribution in [0.5, 0.6) is 11.5 Å². The van der Waals surface area contributed by atoms with Crippen LogP contribution in [-0.2, 0) is 29.5 Å². The number of aliphatic carboxylic acids is 1. The Morgan fingerprint density at radius 2 is 1.43 bits per heavy atom. The number of esters is 1. The molecule has 0 aliphatic carbocycles. The molecule has 4 rings (SSSR count). The fourth-order valence-electron chi connectivity index (χ4n) is 5.82. The van der Waals surface area contributed by atoms with Gasteiger partial charge in [-0.3, -0.25) is 14.4 Å². The molecule has 46 heavy (non-hydrogen) atoms. The van der Waals surface area contributed by atoms with Gasteiger partial charge in [0, 0.05) is 19.3 Å². The summed E-state index contributed by atoms with van der Waals surface area (Å²) in [4.78, 5) is 38.7. The lowest BCUT2D eigenvalue weighted by atomic mass is 9.80. The molecule has 3 aromatic carbocycles. The summed E-state index contributed by atoms with van der Waals surface area (Å²) in [6.07, 6.45) is 6.87. The van der Waals surface area contributed by atoms with Gasteiger partial charge in [-0.2, -0.15) is 0 Å². The van der Waals surface area contributed by atoms with Crippen molar-refractivity contribution in [2.75, 3.05) is 27.4 Å². The summed E-state index contributed by atoms with van der Waals surface area (Å²) in [6.45, 7) is 0.330. The molecule has 2 atom stereocenters. The van der Waals surface area contributed by atoms with E-state index < -0.39 is 29.7 Å². The van der Waals surface area contributed by atoms with E-state index in [9.17, 15) is 14.4 Å². The topological polar surface area (TPSA) is 112 Å². The van der Waals surface area contributed by atoms with Gasteiger partial charge in [0.2, 0.25) is 5.91 Å². The quantitative estimate of drug-likeness (QED) is 0.0948. The summed E-state index contributed by atoms with van der Waals surface area (Å²) >= 11 is 0. The number of carboxylic acids is 1. The van der Waals surface area contributed by atoms with Crippen LogP contribution in [0.4, 0.5) is 0 Å². The second kappa shape index (κ2) is 16.5. The van der Waals surface area contributed by atoms with Crippen molar-refractivity contribution in [1.82, 2.24) is 4.90 Å². The second-order valence-electron chi connectivity index (χ2n) is 11.2. The number of hydrogen-bond donors (Lipinski definition) is 1. The molecule has 0 unspecified atom stereocenters. The molecule has 0 bridgehead atoms. The average molecular weight is 628 g/mol. The maximum atomic E-state index is 13.5. The number of carbonyl (C=O) groups excluding carboxylic acids is 2. The van der Waals surface area contributed by atoms with Gasteiger partial charge < -0.3 is 29.0 Å². The minimum absolute atomic E-state index is 0.0751. The molecule has 0 aromatic heterocycles. The fourth-order valence-corrected chi connectivity index (χ4v) is 5.82. The number of hydrogen-bond acceptors (Lipinski definition) is 7. The van der Waals surface area contributed by atoms with Gasteiger partial charge in [-0.1, -0.05) is 54.6 Å². The first kappa shape index (κ1) is 34.1. The van der Waals surface area contributed by atoms with Crippen LogP contribution in [0.3, 0.4) is 0 Å². The highest BCUT2D eigenvalue weighted by Gasteiger charge is 2.42. The first-order valence-electron chi connectivity index (χ1n) is 15.4. The molecule has 9 nitrogen and oxygen atoms in total. The molecule has 1 aliphatic rings. The number of methoxy groups -OCH3 is 2. The zero-order valence-electron chi connectivity index (χ0n) is 26.4. The standard InChI is InChI=1S/C37H41NO8/c1-4-5-6-10-13-34(39)38-25-33(46-36(42)23-22-35(40)41)24-30(38)26-45-37(27-11-8-7-9-12-27,28-14-18-31(43-2)19-15-28)29-16-20-32(44-3)21-17-29/h1,7-9,11-12,14-21,30,33H,5-6,10,13,22-26H2,2-3H3,(H,40,41)/t30-,33+/m0/s1. The van der Waals surface area contributed by atoms with Crippen molar-refractivity contribution >= 4 is 17.8 Å².